The van der Waals surface area contributed by atoms with Crippen molar-refractivity contribution in [1.82, 2.24) is 0 Å². The Morgan fingerprint density at radius 1 is 1.25 bits per heavy atom. The lowest BCUT2D eigenvalue weighted by molar-refractivity contribution is -0.142. The molecule has 2 atom stereocenters. The quantitative estimate of drug-likeness (QED) is 0.843. The summed E-state index contributed by atoms with van der Waals surface area (Å²) in [5.41, 5.74) is 0.538. The topological polar surface area (TPSA) is 66.4 Å². The minimum atomic E-state index is -1.71. The summed E-state index contributed by atoms with van der Waals surface area (Å²) in [6.07, 6.45) is 3.97. The van der Waals surface area contributed by atoms with Gasteiger partial charge in [0.2, 0.25) is 0 Å². The lowest BCUT2D eigenvalue weighted by atomic mass is 9.86. The van der Waals surface area contributed by atoms with Gasteiger partial charge in [-0.15, -0.1) is 11.6 Å². The number of carbonyl (C=O) groups excluding carboxylic acids is 1. The molecule has 0 saturated heterocycles. The number of nitrogens with one attached hydrogen (secondary N) is 1. The highest BCUT2D eigenvalue weighted by Gasteiger charge is 2.46. The fourth-order valence-electron chi connectivity index (χ4n) is 1.86. The van der Waals surface area contributed by atoms with Crippen molar-refractivity contribution in [3.8, 4) is 0 Å². The Kier molecular flexibility index (Phi) is 4.16. The van der Waals surface area contributed by atoms with Gasteiger partial charge in [0.05, 0.1) is 0 Å². The third-order valence-corrected chi connectivity index (χ3v) is 3.69. The van der Waals surface area contributed by atoms with Crippen LogP contribution < -0.4 is 5.32 Å². The van der Waals surface area contributed by atoms with Gasteiger partial charge < -0.3 is 10.4 Å². The molecule has 1 aliphatic carbocycles. The molecular formula is C14H11Cl2NO3. The molecule has 20 heavy (non-hydrogen) atoms. The van der Waals surface area contributed by atoms with Crippen LogP contribution in [0.3, 0.4) is 0 Å². The summed E-state index contributed by atoms with van der Waals surface area (Å²) >= 11 is 12.0. The maximum Gasteiger partial charge on any atom is 0.313 e. The molecule has 1 aliphatic rings. The fraction of sp³-hybridized carbons (Fsp3) is 0.143. The van der Waals surface area contributed by atoms with E-state index in [9.17, 15) is 14.7 Å². The van der Waals surface area contributed by atoms with E-state index < -0.39 is 22.7 Å². The normalized spacial score (nSPS) is 24.9. The molecule has 2 unspecified atom stereocenters. The molecule has 0 radical (unpaired) electrons. The first kappa shape index (κ1) is 14.6. The number of amides is 1. The summed E-state index contributed by atoms with van der Waals surface area (Å²) in [5, 5.41) is 12.0. The van der Waals surface area contributed by atoms with Crippen LogP contribution >= 0.6 is 23.2 Å². The third-order valence-electron chi connectivity index (χ3n) is 2.91. The summed E-state index contributed by atoms with van der Waals surface area (Å²) in [6, 6.07) is 8.67. The minimum absolute atomic E-state index is 0.237. The monoisotopic (exact) mass is 311 g/mol. The molecule has 0 spiro atoms. The Hall–Kier alpha value is -1.78. The number of allylic oxidation sites excluding steroid dienone is 2. The third kappa shape index (κ3) is 2.86. The van der Waals surface area contributed by atoms with Crippen LogP contribution in [-0.2, 0) is 9.59 Å². The molecule has 0 heterocycles. The van der Waals surface area contributed by atoms with Crippen molar-refractivity contribution in [3.05, 3.63) is 53.6 Å². The smallest absolute Gasteiger partial charge is 0.313 e. The molecular weight excluding hydrogens is 301 g/mol. The number of hydrogen-bond donors (Lipinski definition) is 2. The van der Waals surface area contributed by atoms with Gasteiger partial charge in [0.25, 0.3) is 5.91 Å². The largest absolute Gasteiger partial charge is 0.481 e. The van der Waals surface area contributed by atoms with Gasteiger partial charge in [-0.3, -0.25) is 9.59 Å². The van der Waals surface area contributed by atoms with E-state index in [1.165, 1.54) is 18.2 Å². The van der Waals surface area contributed by atoms with E-state index in [1.54, 1.807) is 30.3 Å². The standard InChI is InChI=1S/C14H11Cl2NO3/c15-9-6-7-14(16,11(8-9)12(18)19)13(20)17-10-4-2-1-3-5-10/h1-8,11H,(H,17,20)(H,18,19). The molecule has 0 aliphatic heterocycles. The summed E-state index contributed by atoms with van der Waals surface area (Å²) in [5.74, 6) is -3.06. The molecule has 0 aromatic heterocycles. The first-order chi connectivity index (χ1) is 9.43. The Labute approximate surface area is 125 Å². The Morgan fingerprint density at radius 2 is 1.90 bits per heavy atom. The van der Waals surface area contributed by atoms with Crippen LogP contribution in [-0.4, -0.2) is 21.9 Å². The predicted octanol–water partition coefficient (Wildman–Crippen LogP) is 3.00. The summed E-state index contributed by atoms with van der Waals surface area (Å²) < 4.78 is 0. The number of anilines is 1. The molecule has 1 amide bonds. The first-order valence-corrected chi connectivity index (χ1v) is 6.54. The fourth-order valence-corrected chi connectivity index (χ4v) is 2.31. The van der Waals surface area contributed by atoms with Crippen molar-refractivity contribution in [2.75, 3.05) is 5.32 Å². The van der Waals surface area contributed by atoms with Gasteiger partial charge in [0, 0.05) is 10.7 Å². The van der Waals surface area contributed by atoms with Crippen LogP contribution in [0.1, 0.15) is 0 Å². The number of para-hydroxylation sites is 1. The van der Waals surface area contributed by atoms with Crippen LogP contribution in [0.2, 0.25) is 0 Å². The Morgan fingerprint density at radius 3 is 2.50 bits per heavy atom. The van der Waals surface area contributed by atoms with E-state index in [-0.39, 0.29) is 5.03 Å². The highest BCUT2D eigenvalue weighted by Crippen LogP contribution is 2.36. The maximum atomic E-state index is 12.3. The van der Waals surface area contributed by atoms with Crippen molar-refractivity contribution in [2.45, 2.75) is 4.87 Å². The van der Waals surface area contributed by atoms with Crippen molar-refractivity contribution >= 4 is 40.8 Å². The first-order valence-electron chi connectivity index (χ1n) is 5.78. The zero-order chi connectivity index (χ0) is 14.8. The zero-order valence-electron chi connectivity index (χ0n) is 10.2. The summed E-state index contributed by atoms with van der Waals surface area (Å²) in [4.78, 5) is 21.8. The SMILES string of the molecule is O=C(O)C1C=C(Cl)C=CC1(Cl)C(=O)Nc1ccccc1. The molecule has 1 aromatic carbocycles. The molecule has 0 bridgehead atoms. The van der Waals surface area contributed by atoms with Crippen LogP contribution in [0.5, 0.6) is 0 Å². The van der Waals surface area contributed by atoms with Gasteiger partial charge in [-0.05, 0) is 24.3 Å². The number of rotatable bonds is 3. The van der Waals surface area contributed by atoms with Gasteiger partial charge >= 0.3 is 5.97 Å². The molecule has 104 valence electrons. The van der Waals surface area contributed by atoms with Gasteiger partial charge in [0.1, 0.15) is 5.92 Å². The van der Waals surface area contributed by atoms with E-state index in [0.717, 1.165) is 0 Å². The molecule has 0 fully saturated rings. The number of halogens is 2. The predicted molar refractivity (Wildman–Crippen MR) is 77.9 cm³/mol. The van der Waals surface area contributed by atoms with Crippen molar-refractivity contribution in [3.63, 3.8) is 0 Å². The lowest BCUT2D eigenvalue weighted by Crippen LogP contribution is -2.46. The van der Waals surface area contributed by atoms with E-state index in [0.29, 0.717) is 5.69 Å². The number of aliphatic carboxylic acids is 1. The molecule has 6 heteroatoms. The minimum Gasteiger partial charge on any atom is -0.481 e. The number of carbonyl (C=O) groups is 2. The Bertz CT molecular complexity index is 598. The van der Waals surface area contributed by atoms with E-state index in [4.69, 9.17) is 23.2 Å². The molecule has 4 nitrogen and oxygen atoms in total. The average Bonchev–Trinajstić information content (AvgIpc) is 2.42. The molecule has 0 saturated carbocycles. The van der Waals surface area contributed by atoms with Gasteiger partial charge in [-0.1, -0.05) is 35.9 Å². The van der Waals surface area contributed by atoms with Crippen molar-refractivity contribution < 1.29 is 14.7 Å². The van der Waals surface area contributed by atoms with E-state index in [1.807, 2.05) is 0 Å². The highest BCUT2D eigenvalue weighted by atomic mass is 35.5. The van der Waals surface area contributed by atoms with Crippen LogP contribution in [0.15, 0.2) is 53.6 Å². The number of alkyl halides is 1. The number of benzene rings is 1. The second-order valence-corrected chi connectivity index (χ2v) is 5.35. The second kappa shape index (κ2) is 5.69. The van der Waals surface area contributed by atoms with Gasteiger partial charge in [0.15, 0.2) is 4.87 Å². The maximum absolute atomic E-state index is 12.3. The summed E-state index contributed by atoms with van der Waals surface area (Å²) in [7, 11) is 0. The number of hydrogen-bond acceptors (Lipinski definition) is 2. The van der Waals surface area contributed by atoms with Crippen LogP contribution in [0.25, 0.3) is 0 Å². The Balaban J connectivity index is 2.27. The van der Waals surface area contributed by atoms with Gasteiger partial charge in [-0.2, -0.15) is 0 Å². The number of carboxylic acid groups (broad SMARTS) is 1. The van der Waals surface area contributed by atoms with Crippen molar-refractivity contribution in [2.24, 2.45) is 5.92 Å². The van der Waals surface area contributed by atoms with Crippen LogP contribution in [0, 0.1) is 5.92 Å². The second-order valence-electron chi connectivity index (χ2n) is 4.29. The highest BCUT2D eigenvalue weighted by molar-refractivity contribution is 6.40. The van der Waals surface area contributed by atoms with E-state index >= 15 is 0 Å². The molecule has 2 rings (SSSR count). The average molecular weight is 312 g/mol. The zero-order valence-corrected chi connectivity index (χ0v) is 11.7. The molecule has 1 aromatic rings. The van der Waals surface area contributed by atoms with E-state index in [2.05, 4.69) is 5.32 Å². The van der Waals surface area contributed by atoms with Gasteiger partial charge in [-0.25, -0.2) is 0 Å². The molecule has 2 N–H and O–H groups in total. The van der Waals surface area contributed by atoms with Crippen molar-refractivity contribution in [1.29, 1.82) is 0 Å². The van der Waals surface area contributed by atoms with Crippen LogP contribution in [0.4, 0.5) is 5.69 Å². The summed E-state index contributed by atoms with van der Waals surface area (Å²) in [6.45, 7) is 0. The lowest BCUT2D eigenvalue weighted by Gasteiger charge is -2.29. The number of carboxylic acids is 1.